The van der Waals surface area contributed by atoms with Crippen LogP contribution in [-0.2, 0) is 21.2 Å². The van der Waals surface area contributed by atoms with Crippen LogP contribution in [0.1, 0.15) is 5.56 Å². The second-order valence-electron chi connectivity index (χ2n) is 3.47. The molecule has 1 amide bonds. The number of benzene rings is 1. The first-order valence-electron chi connectivity index (χ1n) is 4.82. The molecule has 0 aliphatic rings. The summed E-state index contributed by atoms with van der Waals surface area (Å²) >= 11 is 5.70. The molecule has 0 radical (unpaired) electrons. The van der Waals surface area contributed by atoms with Gasteiger partial charge in [0.2, 0.25) is 15.7 Å². The highest BCUT2D eigenvalue weighted by Crippen LogP contribution is 2.10. The smallest absolute Gasteiger partial charge is 0.337 e. The van der Waals surface area contributed by atoms with E-state index >= 15 is 0 Å². The van der Waals surface area contributed by atoms with Gasteiger partial charge in [0.15, 0.2) is 0 Å². The van der Waals surface area contributed by atoms with E-state index in [2.05, 4.69) is 5.32 Å². The van der Waals surface area contributed by atoms with E-state index in [0.717, 1.165) is 0 Å². The van der Waals surface area contributed by atoms with Gasteiger partial charge in [-0.2, -0.15) is 8.78 Å². The number of nitrogens with one attached hydrogen (secondary N) is 1. The molecule has 8 heteroatoms. The van der Waals surface area contributed by atoms with Crippen LogP contribution in [0.5, 0.6) is 0 Å². The lowest BCUT2D eigenvalue weighted by Gasteiger charge is -2.06. The minimum atomic E-state index is -4.68. The van der Waals surface area contributed by atoms with Gasteiger partial charge < -0.3 is 5.32 Å². The zero-order valence-corrected chi connectivity index (χ0v) is 10.6. The Bertz CT molecular complexity index is 534. The number of carbonyl (C=O) groups excluding carboxylic acids is 1. The van der Waals surface area contributed by atoms with Crippen LogP contribution in [0.2, 0.25) is 5.02 Å². The van der Waals surface area contributed by atoms with Gasteiger partial charge in [0.25, 0.3) is 0 Å². The van der Waals surface area contributed by atoms with Crippen LogP contribution in [0.25, 0.3) is 0 Å². The first kappa shape index (κ1) is 14.8. The number of rotatable bonds is 5. The van der Waals surface area contributed by atoms with Gasteiger partial charge in [-0.05, 0) is 17.7 Å². The molecule has 0 unspecified atom stereocenters. The number of hydrogen-bond donors (Lipinski definition) is 1. The molecule has 4 nitrogen and oxygen atoms in total. The third kappa shape index (κ3) is 4.58. The molecular weight excluding hydrogens is 288 g/mol. The van der Waals surface area contributed by atoms with Crippen LogP contribution < -0.4 is 5.32 Å². The molecule has 0 heterocycles. The van der Waals surface area contributed by atoms with Crippen molar-refractivity contribution in [3.05, 3.63) is 34.9 Å². The van der Waals surface area contributed by atoms with Gasteiger partial charge in [-0.3, -0.25) is 4.79 Å². The Morgan fingerprint density at radius 3 is 2.61 bits per heavy atom. The highest BCUT2D eigenvalue weighted by Gasteiger charge is 2.27. The van der Waals surface area contributed by atoms with Crippen LogP contribution in [0.3, 0.4) is 0 Å². The fourth-order valence-corrected chi connectivity index (χ4v) is 1.95. The van der Waals surface area contributed by atoms with Crippen molar-refractivity contribution in [2.45, 2.75) is 12.3 Å². The van der Waals surface area contributed by atoms with E-state index in [4.69, 9.17) is 11.6 Å². The van der Waals surface area contributed by atoms with Crippen molar-refractivity contribution < 1.29 is 22.0 Å². The van der Waals surface area contributed by atoms with Gasteiger partial charge >= 0.3 is 5.76 Å². The van der Waals surface area contributed by atoms with Gasteiger partial charge in [-0.15, -0.1) is 0 Å². The summed E-state index contributed by atoms with van der Waals surface area (Å²) in [5, 5.41) is 2.69. The molecule has 1 N–H and O–H groups in total. The van der Waals surface area contributed by atoms with E-state index < -0.39 is 27.3 Å². The minimum Gasteiger partial charge on any atom is -0.351 e. The molecule has 100 valence electrons. The summed E-state index contributed by atoms with van der Waals surface area (Å²) in [5.74, 6) is -5.75. The highest BCUT2D eigenvalue weighted by atomic mass is 35.5. The number of hydrogen-bond acceptors (Lipinski definition) is 3. The Labute approximate surface area is 108 Å². The Kier molecular flexibility index (Phi) is 5.03. The molecule has 0 bridgehead atoms. The Morgan fingerprint density at radius 1 is 1.39 bits per heavy atom. The van der Waals surface area contributed by atoms with Crippen molar-refractivity contribution in [2.24, 2.45) is 0 Å². The Balaban J connectivity index is 2.52. The van der Waals surface area contributed by atoms with Gasteiger partial charge in [0.1, 0.15) is 5.75 Å². The highest BCUT2D eigenvalue weighted by molar-refractivity contribution is 7.92. The zero-order valence-electron chi connectivity index (χ0n) is 9.07. The van der Waals surface area contributed by atoms with Gasteiger partial charge in [-0.25, -0.2) is 8.42 Å². The summed E-state index contributed by atoms with van der Waals surface area (Å²) in [4.78, 5) is 11.2. The van der Waals surface area contributed by atoms with Crippen LogP contribution in [-0.4, -0.2) is 25.8 Å². The van der Waals surface area contributed by atoms with E-state index in [1.807, 2.05) is 0 Å². The fourth-order valence-electron chi connectivity index (χ4n) is 1.14. The molecule has 0 saturated carbocycles. The van der Waals surface area contributed by atoms with E-state index in [9.17, 15) is 22.0 Å². The lowest BCUT2D eigenvalue weighted by Crippen LogP contribution is -2.32. The standard InChI is InChI=1S/C10H10ClF2NO3S/c11-8-3-1-2-7(4-8)5-14-9(15)6-18(16,17)10(12)13/h1-4,10H,5-6H2,(H,14,15). The van der Waals surface area contributed by atoms with Crippen molar-refractivity contribution in [2.75, 3.05) is 5.75 Å². The van der Waals surface area contributed by atoms with Crippen molar-refractivity contribution in [3.8, 4) is 0 Å². The van der Waals surface area contributed by atoms with Gasteiger partial charge in [0.05, 0.1) is 0 Å². The maximum Gasteiger partial charge on any atom is 0.337 e. The molecule has 0 aromatic heterocycles. The van der Waals surface area contributed by atoms with Crippen molar-refractivity contribution >= 4 is 27.3 Å². The van der Waals surface area contributed by atoms with E-state index in [-0.39, 0.29) is 6.54 Å². The first-order valence-corrected chi connectivity index (χ1v) is 6.91. The van der Waals surface area contributed by atoms with Crippen molar-refractivity contribution in [3.63, 3.8) is 0 Å². The average Bonchev–Trinajstić information content (AvgIpc) is 2.25. The third-order valence-electron chi connectivity index (χ3n) is 1.98. The molecule has 1 aromatic carbocycles. The van der Waals surface area contributed by atoms with Crippen molar-refractivity contribution in [1.29, 1.82) is 0 Å². The second-order valence-corrected chi connectivity index (χ2v) is 5.88. The molecular formula is C10H10ClF2NO3S. The first-order chi connectivity index (χ1) is 8.31. The molecule has 0 saturated heterocycles. The topological polar surface area (TPSA) is 63.2 Å². The van der Waals surface area contributed by atoms with E-state index in [1.54, 1.807) is 24.3 Å². The summed E-state index contributed by atoms with van der Waals surface area (Å²) in [7, 11) is -4.68. The maximum atomic E-state index is 12.0. The summed E-state index contributed by atoms with van der Waals surface area (Å²) in [6, 6.07) is 6.52. The quantitative estimate of drug-likeness (QED) is 0.898. The zero-order chi connectivity index (χ0) is 13.8. The van der Waals surface area contributed by atoms with Crippen LogP contribution >= 0.6 is 11.6 Å². The number of carbonyl (C=O) groups is 1. The van der Waals surface area contributed by atoms with Crippen LogP contribution in [0, 0.1) is 0 Å². The molecule has 18 heavy (non-hydrogen) atoms. The molecule has 0 atom stereocenters. The van der Waals surface area contributed by atoms with E-state index in [1.165, 1.54) is 0 Å². The number of halogens is 3. The number of sulfone groups is 1. The predicted molar refractivity (Wildman–Crippen MR) is 63.1 cm³/mol. The molecule has 1 aromatic rings. The maximum absolute atomic E-state index is 12.0. The predicted octanol–water partition coefficient (Wildman–Crippen LogP) is 1.59. The average molecular weight is 298 g/mol. The van der Waals surface area contributed by atoms with Gasteiger partial charge in [0, 0.05) is 11.6 Å². The Morgan fingerprint density at radius 2 is 2.06 bits per heavy atom. The van der Waals surface area contributed by atoms with Crippen LogP contribution in [0.4, 0.5) is 8.78 Å². The lowest BCUT2D eigenvalue weighted by molar-refractivity contribution is -0.118. The molecule has 1 rings (SSSR count). The monoisotopic (exact) mass is 297 g/mol. The minimum absolute atomic E-state index is 0.0259. The molecule has 0 fully saturated rings. The summed E-state index contributed by atoms with van der Waals surface area (Å²) < 4.78 is 45.6. The summed E-state index contributed by atoms with van der Waals surface area (Å²) in [5.41, 5.74) is 0.644. The lowest BCUT2D eigenvalue weighted by atomic mass is 10.2. The third-order valence-corrected chi connectivity index (χ3v) is 3.43. The number of amides is 1. The van der Waals surface area contributed by atoms with Gasteiger partial charge in [-0.1, -0.05) is 23.7 Å². The molecule has 0 aliphatic heterocycles. The normalized spacial score (nSPS) is 11.6. The SMILES string of the molecule is O=C(CS(=O)(=O)C(F)F)NCc1cccc(Cl)c1. The largest absolute Gasteiger partial charge is 0.351 e. The number of alkyl halides is 2. The summed E-state index contributed by atoms with van der Waals surface area (Å²) in [6.45, 7) is 0.0259. The summed E-state index contributed by atoms with van der Waals surface area (Å²) in [6.07, 6.45) is 0. The van der Waals surface area contributed by atoms with Crippen molar-refractivity contribution in [1.82, 2.24) is 5.32 Å². The second kappa shape index (κ2) is 6.10. The van der Waals surface area contributed by atoms with E-state index in [0.29, 0.717) is 10.6 Å². The Hall–Kier alpha value is -1.21. The fraction of sp³-hybridized carbons (Fsp3) is 0.300. The molecule has 0 aliphatic carbocycles. The molecule has 0 spiro atoms. The van der Waals surface area contributed by atoms with Crippen LogP contribution in [0.15, 0.2) is 24.3 Å².